The molecule has 4 N–H and O–H groups in total. The molecule has 0 spiro atoms. The number of nitrogens with one attached hydrogen (secondary N) is 2. The van der Waals surface area contributed by atoms with Gasteiger partial charge in [0.1, 0.15) is 0 Å². The normalized spacial score (nSPS) is 10.1. The molecule has 0 unspecified atom stereocenters. The summed E-state index contributed by atoms with van der Waals surface area (Å²) < 4.78 is 0. The first-order chi connectivity index (χ1) is 9.70. The van der Waals surface area contributed by atoms with Crippen LogP contribution in [-0.4, -0.2) is 17.4 Å². The van der Waals surface area contributed by atoms with Crippen molar-refractivity contribution in [2.75, 3.05) is 12.0 Å². The highest BCUT2D eigenvalue weighted by Gasteiger charge is 2.10. The van der Waals surface area contributed by atoms with Gasteiger partial charge in [0.2, 0.25) is 0 Å². The Morgan fingerprint density at radius 3 is 2.90 bits per heavy atom. The Morgan fingerprint density at radius 2 is 2.20 bits per heavy atom. The third-order valence-electron chi connectivity index (χ3n) is 3.00. The Hall–Kier alpha value is -2.40. The minimum absolute atomic E-state index is 0.137. The third kappa shape index (κ3) is 3.55. The summed E-state index contributed by atoms with van der Waals surface area (Å²) in [6.45, 7) is 2.51. The number of benzene rings is 1. The van der Waals surface area contributed by atoms with Gasteiger partial charge in [0.15, 0.2) is 0 Å². The molecule has 1 heterocycles. The van der Waals surface area contributed by atoms with Gasteiger partial charge in [0, 0.05) is 18.9 Å². The van der Waals surface area contributed by atoms with E-state index in [0.717, 1.165) is 17.5 Å². The summed E-state index contributed by atoms with van der Waals surface area (Å²) in [6.07, 6.45) is 4.27. The number of aromatic nitrogens is 1. The van der Waals surface area contributed by atoms with Gasteiger partial charge in [-0.25, -0.2) is 0 Å². The fourth-order valence-corrected chi connectivity index (χ4v) is 1.94. The summed E-state index contributed by atoms with van der Waals surface area (Å²) in [6, 6.07) is 9.36. The highest BCUT2D eigenvalue weighted by atomic mass is 16.1. The van der Waals surface area contributed by atoms with E-state index < -0.39 is 0 Å². The molecular formula is C15H18N4O. The molecule has 1 aromatic carbocycles. The molecule has 5 heteroatoms. The Bertz CT molecular complexity index is 584. The van der Waals surface area contributed by atoms with Gasteiger partial charge < -0.3 is 10.7 Å². The van der Waals surface area contributed by atoms with Gasteiger partial charge in [-0.05, 0) is 42.7 Å². The molecule has 104 valence electrons. The topological polar surface area (TPSA) is 80.0 Å². The number of carbonyl (C=O) groups is 1. The van der Waals surface area contributed by atoms with E-state index in [-0.39, 0.29) is 5.91 Å². The first-order valence-electron chi connectivity index (χ1n) is 6.45. The first-order valence-corrected chi connectivity index (χ1v) is 6.45. The van der Waals surface area contributed by atoms with Crippen molar-refractivity contribution in [2.24, 2.45) is 5.84 Å². The van der Waals surface area contributed by atoms with E-state index in [0.29, 0.717) is 17.8 Å². The number of hydrogen-bond donors (Lipinski definition) is 3. The molecule has 0 saturated heterocycles. The van der Waals surface area contributed by atoms with E-state index in [1.165, 1.54) is 0 Å². The molecular weight excluding hydrogens is 252 g/mol. The standard InChI is InChI=1S/C15H18N4O/c1-11-4-5-13(14(9-11)19-16)15(20)18-8-6-12-3-2-7-17-10-12/h2-5,7,9-10,19H,6,8,16H2,1H3,(H,18,20). The second kappa shape index (κ2) is 6.68. The molecule has 0 aliphatic carbocycles. The monoisotopic (exact) mass is 270 g/mol. The number of amides is 1. The van der Waals surface area contributed by atoms with Crippen LogP contribution < -0.4 is 16.6 Å². The number of rotatable bonds is 5. The van der Waals surface area contributed by atoms with Crippen molar-refractivity contribution in [3.05, 3.63) is 59.4 Å². The van der Waals surface area contributed by atoms with Crippen LogP contribution in [0.3, 0.4) is 0 Å². The molecule has 0 bridgehead atoms. The lowest BCUT2D eigenvalue weighted by atomic mass is 10.1. The lowest BCUT2D eigenvalue weighted by Gasteiger charge is -2.10. The number of nitrogen functional groups attached to an aromatic ring is 1. The lowest BCUT2D eigenvalue weighted by molar-refractivity contribution is 0.0955. The molecule has 2 rings (SSSR count). The van der Waals surface area contributed by atoms with Crippen LogP contribution in [0.25, 0.3) is 0 Å². The smallest absolute Gasteiger partial charge is 0.253 e. The zero-order valence-corrected chi connectivity index (χ0v) is 11.4. The van der Waals surface area contributed by atoms with Gasteiger partial charge in [0.25, 0.3) is 5.91 Å². The van der Waals surface area contributed by atoms with E-state index in [4.69, 9.17) is 5.84 Å². The summed E-state index contributed by atoms with van der Waals surface area (Å²) in [4.78, 5) is 16.1. The quantitative estimate of drug-likeness (QED) is 0.570. The van der Waals surface area contributed by atoms with Crippen LogP contribution in [0.5, 0.6) is 0 Å². The number of aryl methyl sites for hydroxylation is 1. The van der Waals surface area contributed by atoms with Crippen molar-refractivity contribution in [2.45, 2.75) is 13.3 Å². The summed E-state index contributed by atoms with van der Waals surface area (Å²) in [5, 5.41) is 2.88. The number of hydrazine groups is 1. The maximum Gasteiger partial charge on any atom is 0.253 e. The Balaban J connectivity index is 1.95. The summed E-state index contributed by atoms with van der Waals surface area (Å²) in [5.41, 5.74) is 5.87. The van der Waals surface area contributed by atoms with Gasteiger partial charge in [-0.15, -0.1) is 0 Å². The lowest BCUT2D eigenvalue weighted by Crippen LogP contribution is -2.27. The van der Waals surface area contributed by atoms with Crippen LogP contribution in [0.15, 0.2) is 42.7 Å². The van der Waals surface area contributed by atoms with Crippen LogP contribution in [0.1, 0.15) is 21.5 Å². The van der Waals surface area contributed by atoms with E-state index in [1.807, 2.05) is 31.2 Å². The molecule has 0 fully saturated rings. The maximum atomic E-state index is 12.1. The van der Waals surface area contributed by atoms with E-state index in [9.17, 15) is 4.79 Å². The number of pyridine rings is 1. The van der Waals surface area contributed by atoms with Crippen LogP contribution in [0, 0.1) is 6.92 Å². The molecule has 0 atom stereocenters. The predicted molar refractivity (Wildman–Crippen MR) is 79.3 cm³/mol. The molecule has 5 nitrogen and oxygen atoms in total. The van der Waals surface area contributed by atoms with Crippen molar-refractivity contribution in [3.8, 4) is 0 Å². The number of nitrogens with zero attached hydrogens (tertiary/aromatic N) is 1. The van der Waals surface area contributed by atoms with Gasteiger partial charge >= 0.3 is 0 Å². The molecule has 20 heavy (non-hydrogen) atoms. The highest BCUT2D eigenvalue weighted by Crippen LogP contribution is 2.16. The van der Waals surface area contributed by atoms with Crippen LogP contribution in [-0.2, 0) is 6.42 Å². The molecule has 2 aromatic rings. The van der Waals surface area contributed by atoms with Gasteiger partial charge in [-0.3, -0.25) is 15.6 Å². The minimum Gasteiger partial charge on any atom is -0.352 e. The van der Waals surface area contributed by atoms with Crippen molar-refractivity contribution < 1.29 is 4.79 Å². The molecule has 0 aliphatic rings. The van der Waals surface area contributed by atoms with Gasteiger partial charge in [0.05, 0.1) is 11.3 Å². The second-order valence-electron chi connectivity index (χ2n) is 4.56. The van der Waals surface area contributed by atoms with Crippen molar-refractivity contribution in [3.63, 3.8) is 0 Å². The van der Waals surface area contributed by atoms with Crippen LogP contribution in [0.2, 0.25) is 0 Å². The zero-order valence-electron chi connectivity index (χ0n) is 11.4. The van der Waals surface area contributed by atoms with Crippen molar-refractivity contribution >= 4 is 11.6 Å². The SMILES string of the molecule is Cc1ccc(C(=O)NCCc2cccnc2)c(NN)c1. The molecule has 1 amide bonds. The molecule has 0 aliphatic heterocycles. The van der Waals surface area contributed by atoms with Crippen LogP contribution >= 0.6 is 0 Å². The number of carbonyl (C=O) groups excluding carboxylic acids is 1. The number of nitrogens with two attached hydrogens (primary N) is 1. The fraction of sp³-hybridized carbons (Fsp3) is 0.200. The van der Waals surface area contributed by atoms with Gasteiger partial charge in [-0.1, -0.05) is 12.1 Å². The van der Waals surface area contributed by atoms with E-state index >= 15 is 0 Å². The molecule has 0 saturated carbocycles. The largest absolute Gasteiger partial charge is 0.352 e. The Kier molecular flexibility index (Phi) is 4.68. The first kappa shape index (κ1) is 14.0. The average molecular weight is 270 g/mol. The Labute approximate surface area is 118 Å². The highest BCUT2D eigenvalue weighted by molar-refractivity contribution is 5.99. The third-order valence-corrected chi connectivity index (χ3v) is 3.00. The van der Waals surface area contributed by atoms with Crippen molar-refractivity contribution in [1.29, 1.82) is 0 Å². The number of hydrogen-bond acceptors (Lipinski definition) is 4. The summed E-state index contributed by atoms with van der Waals surface area (Å²) in [5.74, 6) is 5.30. The zero-order chi connectivity index (χ0) is 14.4. The van der Waals surface area contributed by atoms with Gasteiger partial charge in [-0.2, -0.15) is 0 Å². The maximum absolute atomic E-state index is 12.1. The van der Waals surface area contributed by atoms with Crippen molar-refractivity contribution in [1.82, 2.24) is 10.3 Å². The Morgan fingerprint density at radius 1 is 1.35 bits per heavy atom. The second-order valence-corrected chi connectivity index (χ2v) is 4.56. The number of anilines is 1. The fourth-order valence-electron chi connectivity index (χ4n) is 1.94. The summed E-state index contributed by atoms with van der Waals surface area (Å²) >= 11 is 0. The van der Waals surface area contributed by atoms with E-state index in [1.54, 1.807) is 18.5 Å². The average Bonchev–Trinajstić information content (AvgIpc) is 2.48. The minimum atomic E-state index is -0.137. The molecule has 1 aromatic heterocycles. The molecule has 0 radical (unpaired) electrons. The van der Waals surface area contributed by atoms with E-state index in [2.05, 4.69) is 15.7 Å². The predicted octanol–water partition coefficient (Wildman–Crippen LogP) is 1.65. The summed E-state index contributed by atoms with van der Waals surface area (Å²) in [7, 11) is 0. The van der Waals surface area contributed by atoms with Crippen LogP contribution in [0.4, 0.5) is 5.69 Å².